The molecule has 2 aromatic rings. The predicted molar refractivity (Wildman–Crippen MR) is 109 cm³/mol. The van der Waals surface area contributed by atoms with Gasteiger partial charge in [-0.15, -0.1) is 0 Å². The normalized spacial score (nSPS) is 14.3. The highest BCUT2D eigenvalue weighted by Crippen LogP contribution is 2.38. The predicted octanol–water partition coefficient (Wildman–Crippen LogP) is 2.03. The molecule has 0 radical (unpaired) electrons. The van der Waals surface area contributed by atoms with Gasteiger partial charge in [-0.1, -0.05) is 12.1 Å². The van der Waals surface area contributed by atoms with Gasteiger partial charge in [0.1, 0.15) is 0 Å². The molecule has 4 rings (SSSR count). The summed E-state index contributed by atoms with van der Waals surface area (Å²) in [4.78, 5) is 11.5. The van der Waals surface area contributed by atoms with E-state index in [0.29, 0.717) is 5.88 Å². The second-order valence-electron chi connectivity index (χ2n) is 7.39. The Hall–Kier alpha value is -2.66. The molecule has 0 saturated heterocycles. The van der Waals surface area contributed by atoms with Crippen LogP contribution in [0.15, 0.2) is 41.2 Å². The molecule has 1 N–H and O–H groups in total. The fourth-order valence-electron chi connectivity index (χ4n) is 3.82. The summed E-state index contributed by atoms with van der Waals surface area (Å²) in [6.07, 6.45) is 6.14. The molecule has 27 heavy (non-hydrogen) atoms. The fourth-order valence-corrected chi connectivity index (χ4v) is 3.82. The van der Waals surface area contributed by atoms with Gasteiger partial charge in [0.05, 0.1) is 18.2 Å². The minimum Gasteiger partial charge on any atom is -0.481 e. The molecule has 0 atom stereocenters. The number of hydrogen-bond donors (Lipinski definition) is 1. The third-order valence-corrected chi connectivity index (χ3v) is 5.23. The zero-order valence-corrected chi connectivity index (χ0v) is 16.5. The zero-order chi connectivity index (χ0) is 19.0. The van der Waals surface area contributed by atoms with Crippen molar-refractivity contribution in [1.29, 1.82) is 0 Å². The number of nitrogens with zero attached hydrogens (tertiary/aromatic N) is 3. The topological polar surface area (TPSA) is 49.8 Å². The molecule has 1 aliphatic carbocycles. The zero-order valence-electron chi connectivity index (χ0n) is 16.5. The number of ether oxygens (including phenoxy) is 1. The quantitative estimate of drug-likeness (QED) is 0.799. The Bertz CT molecular complexity index is 1040. The number of pyridine rings is 1. The summed E-state index contributed by atoms with van der Waals surface area (Å²) < 4.78 is 5.27. The van der Waals surface area contributed by atoms with E-state index in [4.69, 9.17) is 9.73 Å². The van der Waals surface area contributed by atoms with Gasteiger partial charge in [-0.2, -0.15) is 0 Å². The van der Waals surface area contributed by atoms with Crippen LogP contribution in [0.5, 0.6) is 5.88 Å². The van der Waals surface area contributed by atoms with Crippen LogP contribution in [0.4, 0.5) is 5.69 Å². The minimum atomic E-state index is 0.601. The van der Waals surface area contributed by atoms with Gasteiger partial charge in [-0.25, -0.2) is 9.98 Å². The Labute approximate surface area is 160 Å². The van der Waals surface area contributed by atoms with Crippen LogP contribution in [0.2, 0.25) is 0 Å². The van der Waals surface area contributed by atoms with Gasteiger partial charge in [-0.3, -0.25) is 0 Å². The van der Waals surface area contributed by atoms with Crippen LogP contribution in [0, 0.1) is 6.92 Å². The first-order chi connectivity index (χ1) is 13.1. The first-order valence-corrected chi connectivity index (χ1v) is 9.43. The summed E-state index contributed by atoms with van der Waals surface area (Å²) in [5, 5.41) is 5.69. The molecular formula is C22H26N4O. The van der Waals surface area contributed by atoms with E-state index in [2.05, 4.69) is 54.4 Å². The second kappa shape index (κ2) is 7.16. The van der Waals surface area contributed by atoms with Crippen LogP contribution in [0.3, 0.4) is 0 Å². The summed E-state index contributed by atoms with van der Waals surface area (Å²) in [6.45, 7) is 4.21. The lowest BCUT2D eigenvalue weighted by molar-refractivity contribution is 0.397. The molecule has 2 heterocycles. The Morgan fingerprint density at radius 2 is 2.11 bits per heavy atom. The van der Waals surface area contributed by atoms with E-state index >= 15 is 0 Å². The summed E-state index contributed by atoms with van der Waals surface area (Å²) >= 11 is 0. The van der Waals surface area contributed by atoms with E-state index in [1.807, 2.05) is 12.3 Å². The van der Waals surface area contributed by atoms with Crippen LogP contribution in [0.25, 0.3) is 5.57 Å². The number of anilines is 1. The number of aryl methyl sites for hydroxylation is 1. The number of rotatable bonds is 6. The highest BCUT2D eigenvalue weighted by atomic mass is 16.5. The molecule has 5 nitrogen and oxygen atoms in total. The van der Waals surface area contributed by atoms with Gasteiger partial charge in [-0.05, 0) is 57.6 Å². The SMILES string of the molecule is COc1cc2c(cn1)=C1C(=CCc3c(C)ccc(NCCCN(C)C)c31)N=2. The maximum Gasteiger partial charge on any atom is 0.215 e. The third-order valence-electron chi connectivity index (χ3n) is 5.23. The van der Waals surface area contributed by atoms with Crippen molar-refractivity contribution in [1.82, 2.24) is 9.88 Å². The Morgan fingerprint density at radius 3 is 2.89 bits per heavy atom. The van der Waals surface area contributed by atoms with E-state index in [1.165, 1.54) is 28.0 Å². The number of aromatic nitrogens is 1. The molecule has 1 aromatic carbocycles. The van der Waals surface area contributed by atoms with Gasteiger partial charge in [0.15, 0.2) is 0 Å². The van der Waals surface area contributed by atoms with Crippen molar-refractivity contribution < 1.29 is 4.74 Å². The van der Waals surface area contributed by atoms with Crippen LogP contribution in [-0.2, 0) is 6.42 Å². The van der Waals surface area contributed by atoms with E-state index < -0.39 is 0 Å². The van der Waals surface area contributed by atoms with Crippen LogP contribution in [-0.4, -0.2) is 44.2 Å². The number of methoxy groups -OCH3 is 1. The molecule has 1 aliphatic heterocycles. The van der Waals surface area contributed by atoms with E-state index in [0.717, 1.165) is 42.2 Å². The first kappa shape index (κ1) is 17.7. The first-order valence-electron chi connectivity index (χ1n) is 9.43. The summed E-state index contributed by atoms with van der Waals surface area (Å²) in [6, 6.07) is 6.33. The third kappa shape index (κ3) is 3.23. The largest absolute Gasteiger partial charge is 0.481 e. The standard InChI is InChI=1S/C22H26N4O/c1-14-6-8-17(23-10-5-11-26(2)3)21-15(14)7-9-18-22(21)16-13-24-20(27-4)12-19(16)25-18/h6,8-9,12-13,23H,5,7,10-11H2,1-4H3. The van der Waals surface area contributed by atoms with Crippen molar-refractivity contribution in [2.24, 2.45) is 4.99 Å². The van der Waals surface area contributed by atoms with E-state index in [-0.39, 0.29) is 0 Å². The molecule has 140 valence electrons. The average Bonchev–Trinajstić information content (AvgIpc) is 3.04. The van der Waals surface area contributed by atoms with E-state index in [9.17, 15) is 0 Å². The fraction of sp³-hybridized carbons (Fsp3) is 0.364. The van der Waals surface area contributed by atoms with Gasteiger partial charge >= 0.3 is 0 Å². The molecule has 5 heteroatoms. The molecule has 1 aromatic heterocycles. The summed E-state index contributed by atoms with van der Waals surface area (Å²) in [5.41, 5.74) is 7.42. The maximum absolute atomic E-state index is 5.27. The van der Waals surface area contributed by atoms with E-state index in [1.54, 1.807) is 7.11 Å². The number of nitrogens with one attached hydrogen (secondary N) is 1. The molecule has 2 aliphatic rings. The average molecular weight is 362 g/mol. The molecule has 0 unspecified atom stereocenters. The Morgan fingerprint density at radius 1 is 1.26 bits per heavy atom. The summed E-state index contributed by atoms with van der Waals surface area (Å²) in [7, 11) is 5.86. The molecule has 0 bridgehead atoms. The van der Waals surface area contributed by atoms with Crippen LogP contribution in [0.1, 0.15) is 23.1 Å². The van der Waals surface area contributed by atoms with Crippen LogP contribution >= 0.6 is 0 Å². The Kier molecular flexibility index (Phi) is 4.70. The molecule has 0 fully saturated rings. The lowest BCUT2D eigenvalue weighted by atomic mass is 9.86. The van der Waals surface area contributed by atoms with Crippen molar-refractivity contribution in [2.45, 2.75) is 19.8 Å². The monoisotopic (exact) mass is 362 g/mol. The van der Waals surface area contributed by atoms with Gasteiger partial charge in [0, 0.05) is 40.9 Å². The number of fused-ring (bicyclic) bond motifs is 4. The van der Waals surface area contributed by atoms with Crippen molar-refractivity contribution in [3.8, 4) is 5.88 Å². The number of allylic oxidation sites excluding steroid dienone is 2. The summed E-state index contributed by atoms with van der Waals surface area (Å²) in [5.74, 6) is 0.601. The van der Waals surface area contributed by atoms with Crippen LogP contribution < -0.4 is 20.6 Å². The van der Waals surface area contributed by atoms with Crippen molar-refractivity contribution >= 4 is 11.3 Å². The molecule has 0 amide bonds. The lowest BCUT2D eigenvalue weighted by Crippen LogP contribution is -2.25. The second-order valence-corrected chi connectivity index (χ2v) is 7.39. The van der Waals surface area contributed by atoms with Gasteiger partial charge in [0.25, 0.3) is 0 Å². The highest BCUT2D eigenvalue weighted by Gasteiger charge is 2.25. The number of benzene rings is 1. The Balaban J connectivity index is 1.80. The molecule has 0 saturated carbocycles. The maximum atomic E-state index is 5.27. The van der Waals surface area contributed by atoms with Crippen molar-refractivity contribution in [2.75, 3.05) is 39.6 Å². The van der Waals surface area contributed by atoms with Crippen molar-refractivity contribution in [3.05, 3.63) is 63.4 Å². The minimum absolute atomic E-state index is 0.601. The van der Waals surface area contributed by atoms with Gasteiger partial charge < -0.3 is 15.0 Å². The number of hydrogen-bond acceptors (Lipinski definition) is 5. The highest BCUT2D eigenvalue weighted by molar-refractivity contribution is 5.90. The molecular weight excluding hydrogens is 336 g/mol. The van der Waals surface area contributed by atoms with Crippen molar-refractivity contribution in [3.63, 3.8) is 0 Å². The molecule has 0 spiro atoms. The van der Waals surface area contributed by atoms with Gasteiger partial charge in [0.2, 0.25) is 5.88 Å². The smallest absolute Gasteiger partial charge is 0.215 e. The lowest BCUT2D eigenvalue weighted by Gasteiger charge is -2.23.